The van der Waals surface area contributed by atoms with E-state index in [0.29, 0.717) is 12.0 Å². The molecule has 3 nitrogen and oxygen atoms in total. The average Bonchev–Trinajstić information content (AvgIpc) is 2.86. The Labute approximate surface area is 173 Å². The molecule has 0 aliphatic carbocycles. The van der Waals surface area contributed by atoms with Crippen molar-refractivity contribution in [1.29, 1.82) is 0 Å². The molecule has 3 rings (SSSR count). The molecule has 0 aromatic heterocycles. The Morgan fingerprint density at radius 1 is 1.22 bits per heavy atom. The summed E-state index contributed by atoms with van der Waals surface area (Å²) in [7, 11) is 0. The number of carbonyl (C=O) groups is 1. The van der Waals surface area contributed by atoms with Gasteiger partial charge in [0.1, 0.15) is 12.0 Å². The lowest BCUT2D eigenvalue weighted by molar-refractivity contribution is -0.104. The van der Waals surface area contributed by atoms with Crippen molar-refractivity contribution in [3.63, 3.8) is 0 Å². The Balaban J connectivity index is 2.08. The normalized spacial score (nSPS) is 16.0. The number of ether oxygens (including phenoxy) is 1. The first-order valence-corrected chi connectivity index (χ1v) is 11.0. The zero-order valence-corrected chi connectivity index (χ0v) is 18.1. The van der Waals surface area contributed by atoms with Crippen molar-refractivity contribution in [1.82, 2.24) is 0 Å². The number of thioether (sulfide) groups is 1. The van der Waals surface area contributed by atoms with Gasteiger partial charge in [0.2, 0.25) is 0 Å². The third-order valence-electron chi connectivity index (χ3n) is 5.25. The lowest BCUT2D eigenvalue weighted by Gasteiger charge is -2.36. The number of rotatable bonds is 6. The number of aldehydes is 1. The van der Waals surface area contributed by atoms with Crippen LogP contribution in [-0.4, -0.2) is 18.6 Å². The van der Waals surface area contributed by atoms with E-state index < -0.39 is 0 Å². The predicted octanol–water partition coefficient (Wildman–Crippen LogP) is 6.59. The van der Waals surface area contributed by atoms with E-state index in [1.54, 1.807) is 0 Å². The van der Waals surface area contributed by atoms with Crippen LogP contribution >= 0.6 is 27.7 Å². The van der Waals surface area contributed by atoms with Crippen LogP contribution in [0.15, 0.2) is 64.2 Å². The van der Waals surface area contributed by atoms with Crippen LogP contribution in [0.2, 0.25) is 0 Å². The van der Waals surface area contributed by atoms with Crippen molar-refractivity contribution in [2.45, 2.75) is 31.6 Å². The van der Waals surface area contributed by atoms with Gasteiger partial charge in [-0.1, -0.05) is 32.0 Å². The maximum Gasteiger partial charge on any atom is 0.145 e. The summed E-state index contributed by atoms with van der Waals surface area (Å²) in [4.78, 5) is 14.1. The molecular formula is C22H24BrNO2S. The second-order valence-electron chi connectivity index (χ2n) is 6.75. The Morgan fingerprint density at radius 2 is 1.96 bits per heavy atom. The number of para-hydroxylation sites is 1. The quantitative estimate of drug-likeness (QED) is 0.284. The number of benzene rings is 2. The van der Waals surface area contributed by atoms with Gasteiger partial charge in [0.25, 0.3) is 0 Å². The Bertz CT molecular complexity index is 819. The van der Waals surface area contributed by atoms with Crippen LogP contribution in [-0.2, 0) is 4.79 Å². The van der Waals surface area contributed by atoms with E-state index in [1.807, 2.05) is 11.8 Å². The summed E-state index contributed by atoms with van der Waals surface area (Å²) < 4.78 is 6.51. The van der Waals surface area contributed by atoms with Gasteiger partial charge in [-0.05, 0) is 58.5 Å². The van der Waals surface area contributed by atoms with Gasteiger partial charge in [0.05, 0.1) is 16.4 Å². The minimum Gasteiger partial charge on any atom is -0.464 e. The second-order valence-corrected chi connectivity index (χ2v) is 8.62. The van der Waals surface area contributed by atoms with Gasteiger partial charge in [-0.15, -0.1) is 11.8 Å². The lowest BCUT2D eigenvalue weighted by atomic mass is 9.83. The van der Waals surface area contributed by atoms with Gasteiger partial charge in [0.15, 0.2) is 0 Å². The summed E-state index contributed by atoms with van der Waals surface area (Å²) in [6, 6.07) is 14.8. The monoisotopic (exact) mass is 445 g/mol. The molecule has 0 fully saturated rings. The highest BCUT2D eigenvalue weighted by molar-refractivity contribution is 9.10. The van der Waals surface area contributed by atoms with E-state index in [1.165, 1.54) is 28.6 Å². The third-order valence-corrected chi connectivity index (χ3v) is 7.27. The number of carbonyl (C=O) groups excluding carboxylic acids is 1. The second kappa shape index (κ2) is 8.98. The molecule has 1 aliphatic heterocycles. The maximum absolute atomic E-state index is 10.5. The molecule has 0 radical (unpaired) electrons. The Morgan fingerprint density at radius 3 is 2.63 bits per heavy atom. The van der Waals surface area contributed by atoms with Crippen molar-refractivity contribution < 1.29 is 9.53 Å². The summed E-state index contributed by atoms with van der Waals surface area (Å²) in [5, 5.41) is 0. The van der Waals surface area contributed by atoms with Gasteiger partial charge in [-0.25, -0.2) is 0 Å². The zero-order valence-electron chi connectivity index (χ0n) is 15.7. The topological polar surface area (TPSA) is 29.5 Å². The standard InChI is InChI=1S/C22H24BrNO2S/c1-3-22(4-2)15-24(17-9-6-5-7-10-17)19-13-18(23)20(26-12-8-11-25)14-21(19)27-16-22/h5-14H,3-4,15-16H2,1-2H3/b12-8+. The Hall–Kier alpha value is -1.72. The molecule has 1 aliphatic rings. The number of nitrogens with zero attached hydrogens (tertiary/aromatic N) is 1. The van der Waals surface area contributed by atoms with Crippen LogP contribution in [0.1, 0.15) is 26.7 Å². The fraction of sp³-hybridized carbons (Fsp3) is 0.318. The number of anilines is 2. The zero-order chi connectivity index (χ0) is 19.3. The Kier molecular flexibility index (Phi) is 6.66. The average molecular weight is 446 g/mol. The van der Waals surface area contributed by atoms with Crippen molar-refractivity contribution in [3.8, 4) is 5.75 Å². The van der Waals surface area contributed by atoms with Crippen molar-refractivity contribution >= 4 is 45.4 Å². The molecule has 0 saturated heterocycles. The summed E-state index contributed by atoms with van der Waals surface area (Å²) in [6.45, 7) is 5.57. The molecule has 0 atom stereocenters. The third kappa shape index (κ3) is 4.41. The molecule has 5 heteroatoms. The summed E-state index contributed by atoms with van der Waals surface area (Å²) in [5.41, 5.74) is 2.65. The lowest BCUT2D eigenvalue weighted by Crippen LogP contribution is -2.35. The minimum atomic E-state index is 0.254. The number of hydrogen-bond acceptors (Lipinski definition) is 4. The van der Waals surface area contributed by atoms with Gasteiger partial charge >= 0.3 is 0 Å². The van der Waals surface area contributed by atoms with Crippen molar-refractivity contribution in [2.24, 2.45) is 5.41 Å². The molecule has 142 valence electrons. The highest BCUT2D eigenvalue weighted by Crippen LogP contribution is 2.48. The summed E-state index contributed by atoms with van der Waals surface area (Å²) >= 11 is 5.52. The van der Waals surface area contributed by atoms with Gasteiger partial charge < -0.3 is 9.64 Å². The summed E-state index contributed by atoms with van der Waals surface area (Å²) in [5.74, 6) is 1.79. The summed E-state index contributed by atoms with van der Waals surface area (Å²) in [6.07, 6.45) is 5.75. The smallest absolute Gasteiger partial charge is 0.145 e. The van der Waals surface area contributed by atoms with E-state index in [4.69, 9.17) is 4.74 Å². The first-order chi connectivity index (χ1) is 13.1. The van der Waals surface area contributed by atoms with E-state index >= 15 is 0 Å². The van der Waals surface area contributed by atoms with Crippen LogP contribution in [0.4, 0.5) is 11.4 Å². The first-order valence-electron chi connectivity index (χ1n) is 9.18. The fourth-order valence-electron chi connectivity index (χ4n) is 3.30. The molecule has 0 saturated carbocycles. The van der Waals surface area contributed by atoms with Crippen LogP contribution in [0.3, 0.4) is 0 Å². The molecule has 0 bridgehead atoms. The minimum absolute atomic E-state index is 0.254. The van der Waals surface area contributed by atoms with Gasteiger partial charge in [-0.3, -0.25) is 4.79 Å². The number of halogens is 1. The number of allylic oxidation sites excluding steroid dienone is 1. The number of fused-ring (bicyclic) bond motifs is 1. The predicted molar refractivity (Wildman–Crippen MR) is 117 cm³/mol. The largest absolute Gasteiger partial charge is 0.464 e. The SMILES string of the molecule is CCC1(CC)CSc2cc(O/C=C/C=O)c(Br)cc2N(c2ccccc2)C1. The highest BCUT2D eigenvalue weighted by Gasteiger charge is 2.34. The van der Waals surface area contributed by atoms with Crippen LogP contribution in [0.25, 0.3) is 0 Å². The maximum atomic E-state index is 10.5. The molecule has 0 amide bonds. The van der Waals surface area contributed by atoms with E-state index in [9.17, 15) is 4.79 Å². The molecule has 0 N–H and O–H groups in total. The molecule has 1 heterocycles. The van der Waals surface area contributed by atoms with E-state index in [0.717, 1.165) is 29.6 Å². The molecule has 27 heavy (non-hydrogen) atoms. The van der Waals surface area contributed by atoms with Crippen LogP contribution in [0.5, 0.6) is 5.75 Å². The molecular weight excluding hydrogens is 422 g/mol. The molecule has 2 aromatic rings. The molecule has 0 spiro atoms. The van der Waals surface area contributed by atoms with E-state index in [2.05, 4.69) is 77.1 Å². The van der Waals surface area contributed by atoms with Crippen molar-refractivity contribution in [3.05, 3.63) is 59.3 Å². The van der Waals surface area contributed by atoms with Gasteiger partial charge in [-0.2, -0.15) is 0 Å². The highest BCUT2D eigenvalue weighted by atomic mass is 79.9. The molecule has 0 unspecified atom stereocenters. The van der Waals surface area contributed by atoms with E-state index in [-0.39, 0.29) is 5.41 Å². The first kappa shape index (κ1) is 20.0. The van der Waals surface area contributed by atoms with Crippen molar-refractivity contribution in [2.75, 3.05) is 17.2 Å². The van der Waals surface area contributed by atoms with Gasteiger partial charge in [0, 0.05) is 29.0 Å². The molecule has 2 aromatic carbocycles. The fourth-order valence-corrected chi connectivity index (χ4v) is 5.19. The number of hydrogen-bond donors (Lipinski definition) is 0. The van der Waals surface area contributed by atoms with Crippen LogP contribution < -0.4 is 9.64 Å². The van der Waals surface area contributed by atoms with Crippen LogP contribution in [0, 0.1) is 5.41 Å².